The molecule has 0 aliphatic carbocycles. The van der Waals surface area contributed by atoms with E-state index in [2.05, 4.69) is 0 Å². The summed E-state index contributed by atoms with van der Waals surface area (Å²) in [5.74, 6) is 0. The fraction of sp³-hybridized carbons (Fsp3) is 0.0526. The Labute approximate surface area is 491 Å². The van der Waals surface area contributed by atoms with Crippen molar-refractivity contribution in [3.8, 4) is 11.1 Å². The second kappa shape index (κ2) is 25.9. The van der Waals surface area contributed by atoms with E-state index in [1.807, 2.05) is 0 Å². The Hall–Kier alpha value is 0.730. The Kier molecular flexibility index (Phi) is 25.4. The standard InChI is InChI=1S/C38H32O15P2S5.5Na/c39-56(40,41)30-14-4-11-27(21-30)54(26-9-2-1-3-10-26)24-35-33(17-7-19-37(35)59(48,49)50)34-18-8-20-38(60(51,52)53)36(34)25-55(28-12-5-15-31(22-28)57(42,43)44)29-13-6-16-32(23-29)58(45,46)47;;;;;/h1-23H,24-25H2,(H,39,40,41)(H,42,43,44)(H,45,46,47)(H,48,49,50)(H,51,52,53);;;;;/q;5*+1/p-5. The maximum Gasteiger partial charge on any atom is 1.00 e. The molecule has 6 rings (SSSR count). The quantitative estimate of drug-likeness (QED) is 0.0556. The van der Waals surface area contributed by atoms with Gasteiger partial charge in [0.15, 0.2) is 0 Å². The molecule has 0 N–H and O–H groups in total. The van der Waals surface area contributed by atoms with Crippen molar-refractivity contribution >= 4 is 87.7 Å². The van der Waals surface area contributed by atoms with Gasteiger partial charge in [-0.05, 0) is 108 Å². The molecule has 65 heavy (non-hydrogen) atoms. The van der Waals surface area contributed by atoms with Crippen LogP contribution in [0.25, 0.3) is 11.1 Å². The topological polar surface area (TPSA) is 286 Å². The molecule has 0 saturated heterocycles. The minimum Gasteiger partial charge on any atom is -0.744 e. The Morgan fingerprint density at radius 3 is 0.892 bits per heavy atom. The molecule has 0 radical (unpaired) electrons. The number of benzene rings is 6. The first kappa shape index (κ1) is 63.7. The van der Waals surface area contributed by atoms with Crippen LogP contribution in [0.2, 0.25) is 0 Å². The Morgan fingerprint density at radius 1 is 0.323 bits per heavy atom. The van der Waals surface area contributed by atoms with E-state index in [9.17, 15) is 64.9 Å². The molecule has 27 heteroatoms. The molecule has 1 unspecified atom stereocenters. The van der Waals surface area contributed by atoms with Crippen molar-refractivity contribution in [2.45, 2.75) is 36.8 Å². The van der Waals surface area contributed by atoms with Crippen LogP contribution in [0, 0.1) is 0 Å². The van der Waals surface area contributed by atoms with Gasteiger partial charge in [-0.1, -0.05) is 91.0 Å². The predicted molar refractivity (Wildman–Crippen MR) is 217 cm³/mol. The second-order valence-electron chi connectivity index (χ2n) is 12.8. The zero-order valence-corrected chi connectivity index (χ0v) is 51.1. The van der Waals surface area contributed by atoms with Gasteiger partial charge in [-0.25, -0.2) is 42.1 Å². The first-order valence-electron chi connectivity index (χ1n) is 16.9. The van der Waals surface area contributed by atoms with E-state index >= 15 is 0 Å². The molecule has 1 atom stereocenters. The number of hydrogen-bond acceptors (Lipinski definition) is 15. The molecular formula is C38H27Na5O15P2S5. The summed E-state index contributed by atoms with van der Waals surface area (Å²) in [6.45, 7) is 0. The van der Waals surface area contributed by atoms with Gasteiger partial charge in [0, 0.05) is 12.3 Å². The van der Waals surface area contributed by atoms with Crippen molar-refractivity contribution in [2.24, 2.45) is 0 Å². The summed E-state index contributed by atoms with van der Waals surface area (Å²) in [6, 6.07) is 29.5. The van der Waals surface area contributed by atoms with Crippen LogP contribution in [0.5, 0.6) is 0 Å². The van der Waals surface area contributed by atoms with E-state index in [4.69, 9.17) is 0 Å². The Bertz CT molecular complexity index is 3150. The van der Waals surface area contributed by atoms with Crippen LogP contribution in [0.3, 0.4) is 0 Å². The molecule has 0 spiro atoms. The second-order valence-corrected chi connectivity index (χ2v) is 24.1. The third-order valence-corrected chi connectivity index (χ3v) is 18.3. The van der Waals surface area contributed by atoms with E-state index in [1.165, 1.54) is 60.7 Å². The summed E-state index contributed by atoms with van der Waals surface area (Å²) >= 11 is 0. The van der Waals surface area contributed by atoms with Gasteiger partial charge in [-0.3, -0.25) is 0 Å². The van der Waals surface area contributed by atoms with Gasteiger partial charge in [0.25, 0.3) is 0 Å². The third-order valence-electron chi connectivity index (χ3n) is 9.05. The van der Waals surface area contributed by atoms with Crippen molar-refractivity contribution in [1.82, 2.24) is 0 Å². The van der Waals surface area contributed by atoms with E-state index in [0.717, 1.165) is 48.5 Å². The minimum atomic E-state index is -5.41. The van der Waals surface area contributed by atoms with Crippen molar-refractivity contribution in [1.29, 1.82) is 0 Å². The summed E-state index contributed by atoms with van der Waals surface area (Å²) in [5, 5.41) is 0.933. The molecule has 0 bridgehead atoms. The van der Waals surface area contributed by atoms with Crippen LogP contribution in [-0.4, -0.2) is 64.9 Å². The van der Waals surface area contributed by atoms with E-state index < -0.39 is 97.1 Å². The molecule has 0 aliphatic heterocycles. The largest absolute Gasteiger partial charge is 1.00 e. The Balaban J connectivity index is 0.00000422. The van der Waals surface area contributed by atoms with Crippen LogP contribution in [0.1, 0.15) is 11.1 Å². The van der Waals surface area contributed by atoms with Crippen LogP contribution >= 0.6 is 15.8 Å². The molecule has 314 valence electrons. The summed E-state index contributed by atoms with van der Waals surface area (Å²) in [6.07, 6.45) is -0.859. The zero-order valence-electron chi connectivity index (χ0n) is 35.3. The summed E-state index contributed by atoms with van der Waals surface area (Å²) in [5.41, 5.74) is -0.624. The van der Waals surface area contributed by atoms with Gasteiger partial charge in [0.1, 0.15) is 50.6 Å². The molecule has 0 amide bonds. The molecule has 0 saturated carbocycles. The first-order chi connectivity index (χ1) is 27.9. The summed E-state index contributed by atoms with van der Waals surface area (Å²) in [7, 11) is -30.0. The molecule has 6 aromatic carbocycles. The van der Waals surface area contributed by atoms with Crippen molar-refractivity contribution in [3.63, 3.8) is 0 Å². The van der Waals surface area contributed by atoms with Crippen LogP contribution in [-0.2, 0) is 62.9 Å². The molecule has 15 nitrogen and oxygen atoms in total. The molecule has 0 aromatic heterocycles. The molecule has 6 aromatic rings. The fourth-order valence-corrected chi connectivity index (χ4v) is 14.8. The molecular weight excluding hydrogens is 1030 g/mol. The fourth-order valence-electron chi connectivity index (χ4n) is 6.44. The van der Waals surface area contributed by atoms with Gasteiger partial charge < -0.3 is 22.8 Å². The molecule has 0 fully saturated rings. The first-order valence-corrected chi connectivity index (χ1v) is 27.0. The van der Waals surface area contributed by atoms with Gasteiger partial charge in [-0.15, -0.1) is 0 Å². The van der Waals surface area contributed by atoms with E-state index in [-0.39, 0.29) is 192 Å². The monoisotopic (exact) mass is 1060 g/mol. The number of rotatable bonds is 14. The Morgan fingerprint density at radius 2 is 0.600 bits per heavy atom. The van der Waals surface area contributed by atoms with Crippen LogP contribution in [0.15, 0.2) is 164 Å². The SMILES string of the molecule is O=S(=O)([O-])c1cccc(P(Cc2c(-c3cccc(S(=O)(=O)[O-])c3CP(c3cccc(S(=O)(=O)[O-])c3)c3cccc(S(=O)(=O)[O-])c3)cccc2S(=O)(=O)[O-])c2ccccc2)c1.[Na+].[Na+].[Na+].[Na+].[Na+]. The maximum atomic E-state index is 13.0. The van der Waals surface area contributed by atoms with Gasteiger partial charge in [-0.2, -0.15) is 0 Å². The van der Waals surface area contributed by atoms with E-state index in [1.54, 1.807) is 30.3 Å². The summed E-state index contributed by atoms with van der Waals surface area (Å²) < 4.78 is 187. The van der Waals surface area contributed by atoms with Gasteiger partial charge in [0.05, 0.1) is 24.5 Å². The van der Waals surface area contributed by atoms with E-state index in [0.29, 0.717) is 5.30 Å². The van der Waals surface area contributed by atoms with Crippen molar-refractivity contribution < 1.29 is 213 Å². The zero-order chi connectivity index (χ0) is 43.8. The third kappa shape index (κ3) is 16.4. The van der Waals surface area contributed by atoms with Gasteiger partial charge in [0.2, 0.25) is 0 Å². The number of hydrogen-bond donors (Lipinski definition) is 0. The average molecular weight is 1060 g/mol. The minimum absolute atomic E-state index is 0. The smallest absolute Gasteiger partial charge is 0.744 e. The normalized spacial score (nSPS) is 12.3. The molecule has 0 aliphatic rings. The van der Waals surface area contributed by atoms with Crippen molar-refractivity contribution in [3.05, 3.63) is 151 Å². The van der Waals surface area contributed by atoms with Gasteiger partial charge >= 0.3 is 148 Å². The van der Waals surface area contributed by atoms with Crippen LogP contribution in [0.4, 0.5) is 0 Å². The van der Waals surface area contributed by atoms with Crippen LogP contribution < -0.4 is 169 Å². The maximum absolute atomic E-state index is 13.0. The average Bonchev–Trinajstić information content (AvgIpc) is 3.17. The van der Waals surface area contributed by atoms with Crippen molar-refractivity contribution in [2.75, 3.05) is 0 Å². The molecule has 0 heterocycles. The summed E-state index contributed by atoms with van der Waals surface area (Å²) in [4.78, 5) is -3.57. The predicted octanol–water partition coefficient (Wildman–Crippen LogP) is -11.8.